The third kappa shape index (κ3) is 3.98. The number of nitrogens with one attached hydrogen (secondary N) is 1. The normalized spacial score (nSPS) is 11.2. The Kier molecular flexibility index (Phi) is 4.61. The van der Waals surface area contributed by atoms with Gasteiger partial charge in [-0.05, 0) is 13.3 Å². The second kappa shape index (κ2) is 6.02. The Morgan fingerprint density at radius 3 is 2.60 bits per heavy atom. The van der Waals surface area contributed by atoms with Crippen LogP contribution in [0.5, 0.6) is 0 Å². The summed E-state index contributed by atoms with van der Waals surface area (Å²) in [5, 5.41) is 3.17. The summed E-state index contributed by atoms with van der Waals surface area (Å²) in [6.07, 6.45) is 2.70. The van der Waals surface area contributed by atoms with Crippen LogP contribution in [0.2, 0.25) is 0 Å². The topological polar surface area (TPSA) is 29.1 Å². The van der Waals surface area contributed by atoms with Crippen LogP contribution in [0.4, 0.5) is 0 Å². The van der Waals surface area contributed by atoms with Crippen molar-refractivity contribution in [3.8, 4) is 0 Å². The van der Waals surface area contributed by atoms with Crippen molar-refractivity contribution in [1.82, 2.24) is 5.32 Å². The summed E-state index contributed by atoms with van der Waals surface area (Å²) in [5.74, 6) is 0.0525. The molecule has 0 radical (unpaired) electrons. The minimum absolute atomic E-state index is 0.0525. The second-order valence-corrected chi connectivity index (χ2v) is 3.48. The molecule has 0 saturated heterocycles. The molecule has 0 amide bonds. The zero-order chi connectivity index (χ0) is 11.1. The minimum atomic E-state index is 0.0525. The Hall–Kier alpha value is -1.57. The molecular formula is C13H17NO. The molecule has 80 valence electrons. The Morgan fingerprint density at radius 1 is 1.33 bits per heavy atom. The molecule has 0 spiro atoms. The van der Waals surface area contributed by atoms with E-state index in [1.165, 1.54) is 0 Å². The number of rotatable bonds is 5. The third-order valence-electron chi connectivity index (χ3n) is 2.06. The van der Waals surface area contributed by atoms with Crippen molar-refractivity contribution >= 4 is 5.78 Å². The number of carbonyl (C=O) groups is 1. The van der Waals surface area contributed by atoms with Crippen molar-refractivity contribution in [2.45, 2.75) is 20.3 Å². The number of hydrogen-bond acceptors (Lipinski definition) is 2. The predicted octanol–water partition coefficient (Wildman–Crippen LogP) is 2.77. The average molecular weight is 203 g/mol. The maximum atomic E-state index is 11.7. The lowest BCUT2D eigenvalue weighted by Gasteiger charge is -2.03. The summed E-state index contributed by atoms with van der Waals surface area (Å²) in [7, 11) is 0. The zero-order valence-corrected chi connectivity index (χ0v) is 9.29. The zero-order valence-electron chi connectivity index (χ0n) is 9.29. The molecule has 15 heavy (non-hydrogen) atoms. The van der Waals surface area contributed by atoms with E-state index in [-0.39, 0.29) is 5.78 Å². The monoisotopic (exact) mass is 203 g/mol. The van der Waals surface area contributed by atoms with Crippen LogP contribution in [0.25, 0.3) is 0 Å². The van der Waals surface area contributed by atoms with Gasteiger partial charge in [-0.25, -0.2) is 0 Å². The molecule has 0 bridgehead atoms. The number of benzene rings is 1. The highest BCUT2D eigenvalue weighted by molar-refractivity contribution is 6.04. The fourth-order valence-electron chi connectivity index (χ4n) is 1.26. The quantitative estimate of drug-likeness (QED) is 0.589. The summed E-state index contributed by atoms with van der Waals surface area (Å²) < 4.78 is 0. The minimum Gasteiger partial charge on any atom is -0.388 e. The standard InChI is InChI=1S/C13H17NO/c1-3-9-14-11(2)10-13(15)12-7-5-4-6-8-12/h4-8,10,14H,3,9H2,1-2H3/b11-10+. The van der Waals surface area contributed by atoms with Gasteiger partial charge in [-0.2, -0.15) is 0 Å². The Bertz CT molecular complexity index is 341. The van der Waals surface area contributed by atoms with Gasteiger partial charge in [0, 0.05) is 23.9 Å². The number of allylic oxidation sites excluding steroid dienone is 2. The molecule has 0 fully saturated rings. The smallest absolute Gasteiger partial charge is 0.187 e. The summed E-state index contributed by atoms with van der Waals surface area (Å²) in [4.78, 5) is 11.7. The summed E-state index contributed by atoms with van der Waals surface area (Å²) in [6.45, 7) is 4.92. The van der Waals surface area contributed by atoms with Crippen molar-refractivity contribution in [3.63, 3.8) is 0 Å². The molecule has 0 aromatic heterocycles. The van der Waals surface area contributed by atoms with Crippen LogP contribution in [0.3, 0.4) is 0 Å². The van der Waals surface area contributed by atoms with Gasteiger partial charge in [0.1, 0.15) is 0 Å². The first-order chi connectivity index (χ1) is 7.24. The van der Waals surface area contributed by atoms with Crippen LogP contribution >= 0.6 is 0 Å². The summed E-state index contributed by atoms with van der Waals surface area (Å²) >= 11 is 0. The summed E-state index contributed by atoms with van der Waals surface area (Å²) in [6, 6.07) is 9.30. The highest BCUT2D eigenvalue weighted by Crippen LogP contribution is 2.02. The fraction of sp³-hybridized carbons (Fsp3) is 0.308. The molecule has 2 nitrogen and oxygen atoms in total. The van der Waals surface area contributed by atoms with Crippen molar-refractivity contribution in [2.24, 2.45) is 0 Å². The van der Waals surface area contributed by atoms with Gasteiger partial charge in [-0.1, -0.05) is 37.3 Å². The van der Waals surface area contributed by atoms with E-state index in [1.807, 2.05) is 37.3 Å². The lowest BCUT2D eigenvalue weighted by molar-refractivity contribution is 0.104. The van der Waals surface area contributed by atoms with Crippen LogP contribution in [-0.2, 0) is 0 Å². The van der Waals surface area contributed by atoms with Crippen LogP contribution < -0.4 is 5.32 Å². The molecule has 0 heterocycles. The van der Waals surface area contributed by atoms with E-state index in [4.69, 9.17) is 0 Å². The Balaban J connectivity index is 2.62. The lowest BCUT2D eigenvalue weighted by Crippen LogP contribution is -2.13. The van der Waals surface area contributed by atoms with Crippen LogP contribution in [0.1, 0.15) is 30.6 Å². The molecule has 1 rings (SSSR count). The predicted molar refractivity (Wildman–Crippen MR) is 62.8 cm³/mol. The molecule has 1 aromatic rings. The van der Waals surface area contributed by atoms with Gasteiger partial charge < -0.3 is 5.32 Å². The molecule has 0 aliphatic heterocycles. The first-order valence-electron chi connectivity index (χ1n) is 5.25. The van der Waals surface area contributed by atoms with Gasteiger partial charge in [0.2, 0.25) is 0 Å². The van der Waals surface area contributed by atoms with E-state index in [0.717, 1.165) is 24.2 Å². The van der Waals surface area contributed by atoms with Crippen LogP contribution in [-0.4, -0.2) is 12.3 Å². The fourth-order valence-corrected chi connectivity index (χ4v) is 1.26. The maximum absolute atomic E-state index is 11.7. The molecule has 0 aliphatic carbocycles. The van der Waals surface area contributed by atoms with E-state index < -0.39 is 0 Å². The highest BCUT2D eigenvalue weighted by Gasteiger charge is 2.00. The second-order valence-electron chi connectivity index (χ2n) is 3.48. The third-order valence-corrected chi connectivity index (χ3v) is 2.06. The molecular weight excluding hydrogens is 186 g/mol. The molecule has 0 atom stereocenters. The first-order valence-corrected chi connectivity index (χ1v) is 5.25. The molecule has 1 N–H and O–H groups in total. The number of carbonyl (C=O) groups excluding carboxylic acids is 1. The largest absolute Gasteiger partial charge is 0.388 e. The molecule has 2 heteroatoms. The van der Waals surface area contributed by atoms with E-state index in [1.54, 1.807) is 6.08 Å². The molecule has 0 aliphatic rings. The molecule has 0 unspecified atom stereocenters. The van der Waals surface area contributed by atoms with Crippen molar-refractivity contribution in [3.05, 3.63) is 47.7 Å². The van der Waals surface area contributed by atoms with Crippen LogP contribution in [0, 0.1) is 0 Å². The van der Waals surface area contributed by atoms with Gasteiger partial charge in [0.05, 0.1) is 0 Å². The lowest BCUT2D eigenvalue weighted by atomic mass is 10.1. The van der Waals surface area contributed by atoms with Crippen molar-refractivity contribution in [1.29, 1.82) is 0 Å². The van der Waals surface area contributed by atoms with Gasteiger partial charge >= 0.3 is 0 Å². The highest BCUT2D eigenvalue weighted by atomic mass is 16.1. The SMILES string of the molecule is CCCN/C(C)=C/C(=O)c1ccccc1. The van der Waals surface area contributed by atoms with Gasteiger partial charge in [-0.15, -0.1) is 0 Å². The average Bonchev–Trinajstić information content (AvgIpc) is 2.27. The van der Waals surface area contributed by atoms with Crippen molar-refractivity contribution in [2.75, 3.05) is 6.54 Å². The van der Waals surface area contributed by atoms with Crippen LogP contribution in [0.15, 0.2) is 42.1 Å². The molecule has 0 saturated carbocycles. The molecule has 1 aromatic carbocycles. The van der Waals surface area contributed by atoms with Gasteiger partial charge in [0.15, 0.2) is 5.78 Å². The number of hydrogen-bond donors (Lipinski definition) is 1. The Morgan fingerprint density at radius 2 is 2.00 bits per heavy atom. The Labute approximate surface area is 91.0 Å². The van der Waals surface area contributed by atoms with Crippen molar-refractivity contribution < 1.29 is 4.79 Å². The van der Waals surface area contributed by atoms with E-state index in [2.05, 4.69) is 12.2 Å². The summed E-state index contributed by atoms with van der Waals surface area (Å²) in [5.41, 5.74) is 1.65. The van der Waals surface area contributed by atoms with Gasteiger partial charge in [0.25, 0.3) is 0 Å². The van der Waals surface area contributed by atoms with E-state index >= 15 is 0 Å². The first kappa shape index (κ1) is 11.5. The maximum Gasteiger partial charge on any atom is 0.187 e. The number of ketones is 1. The van der Waals surface area contributed by atoms with E-state index in [9.17, 15) is 4.79 Å². The van der Waals surface area contributed by atoms with Gasteiger partial charge in [-0.3, -0.25) is 4.79 Å². The van der Waals surface area contributed by atoms with E-state index in [0.29, 0.717) is 0 Å².